The molecule has 6 unspecified atom stereocenters. The van der Waals surface area contributed by atoms with Crippen LogP contribution in [0.15, 0.2) is 54.6 Å². The number of carboxylic acid groups (broad SMARTS) is 1. The first-order valence-corrected chi connectivity index (χ1v) is 28.8. The number of aliphatic hydroxyl groups is 3. The van der Waals surface area contributed by atoms with E-state index in [0.29, 0.717) is 58.3 Å². The Hall–Kier alpha value is -3.07. The molecule has 0 spiro atoms. The van der Waals surface area contributed by atoms with E-state index in [-0.39, 0.29) is 25.1 Å². The number of rotatable bonds is 9. The predicted octanol–water partition coefficient (Wildman–Crippen LogP) is 9.00. The predicted molar refractivity (Wildman–Crippen MR) is 256 cm³/mol. The van der Waals surface area contributed by atoms with E-state index in [9.17, 15) is 44.4 Å². The zero-order chi connectivity index (χ0) is 46.2. The summed E-state index contributed by atoms with van der Waals surface area (Å²) in [5, 5.41) is 50.9. The quantitative estimate of drug-likeness (QED) is 0.148. The number of phenolic OH excluding ortho intramolecular Hbond substituents is 1. The Bertz CT molecular complexity index is 2060. The van der Waals surface area contributed by atoms with Crippen molar-refractivity contribution >= 4 is 71.1 Å². The number of benzene rings is 2. The molecule has 0 heterocycles. The molecule has 12 fully saturated rings. The fourth-order valence-corrected chi connectivity index (χ4v) is 21.1. The standard InChI is InChI=1S/C28H35IO6.C11H16O3.C10H11IO5.CH4/c30-23(25-8-18-6-19(9-25)13-27(32,12-18)16-25)34-29(22-4-2-1-3-5-22)35-24(31)26-10-20-7-21(11-26)15-28(33,14-20)17-26;12-9(13)10-2-7-1-8(3-10)5-11(14,4-7)6-10;1-7(12)15-11(16-8(2)13)9-3-5-10(14)6-4-9;/h1-5,18-21,32-33H,6-17H2;7-8,14H,1-6H2,(H,12,13);3-6,14H,1-2H3;1H4. The molecule has 364 valence electrons. The van der Waals surface area contributed by atoms with Crippen molar-refractivity contribution in [2.75, 3.05) is 0 Å². The van der Waals surface area contributed by atoms with Crippen molar-refractivity contribution in [3.8, 4) is 5.75 Å². The van der Waals surface area contributed by atoms with Crippen LogP contribution in [0.5, 0.6) is 5.75 Å². The molecule has 0 aromatic heterocycles. The van der Waals surface area contributed by atoms with Crippen molar-refractivity contribution in [2.45, 2.75) is 154 Å². The van der Waals surface area contributed by atoms with Gasteiger partial charge in [0.15, 0.2) is 0 Å². The molecule has 0 radical (unpaired) electrons. The third-order valence-corrected chi connectivity index (χ3v) is 23.1. The van der Waals surface area contributed by atoms with Gasteiger partial charge >= 0.3 is 322 Å². The van der Waals surface area contributed by atoms with Crippen LogP contribution in [0.4, 0.5) is 0 Å². The third kappa shape index (κ3) is 10.1. The van der Waals surface area contributed by atoms with Gasteiger partial charge < -0.3 is 10.2 Å². The van der Waals surface area contributed by atoms with Crippen LogP contribution in [0, 0.1) is 58.9 Å². The van der Waals surface area contributed by atoms with Crippen LogP contribution >= 0.6 is 41.3 Å². The summed E-state index contributed by atoms with van der Waals surface area (Å²) >= 11 is -5.83. The average molecular weight is 1140 g/mol. The van der Waals surface area contributed by atoms with Crippen molar-refractivity contribution < 1.29 is 61.8 Å². The molecular weight excluding hydrogens is 1080 g/mol. The van der Waals surface area contributed by atoms with Crippen LogP contribution in [0.25, 0.3) is 0 Å². The summed E-state index contributed by atoms with van der Waals surface area (Å²) in [4.78, 5) is 60.5. The van der Waals surface area contributed by atoms with Gasteiger partial charge in [0.05, 0.1) is 11.0 Å². The number of hydrogen-bond acceptors (Lipinski definition) is 13. The van der Waals surface area contributed by atoms with Crippen molar-refractivity contribution in [3.05, 3.63) is 61.7 Å². The molecule has 0 aliphatic heterocycles. The van der Waals surface area contributed by atoms with Gasteiger partial charge in [-0.3, -0.25) is 4.79 Å². The van der Waals surface area contributed by atoms with Crippen molar-refractivity contribution in [1.29, 1.82) is 0 Å². The topological polar surface area (TPSA) is 223 Å². The van der Waals surface area contributed by atoms with Crippen LogP contribution in [-0.2, 0) is 36.2 Å². The molecule has 66 heavy (non-hydrogen) atoms. The van der Waals surface area contributed by atoms with Crippen molar-refractivity contribution in [1.82, 2.24) is 0 Å². The second kappa shape index (κ2) is 18.4. The third-order valence-electron chi connectivity index (χ3n) is 16.0. The fourth-order valence-electron chi connectivity index (χ4n) is 15.1. The summed E-state index contributed by atoms with van der Waals surface area (Å²) in [5.41, 5.74) is -4.00. The summed E-state index contributed by atoms with van der Waals surface area (Å²) in [6, 6.07) is 15.5. The van der Waals surface area contributed by atoms with E-state index in [2.05, 4.69) is 0 Å². The maximum absolute atomic E-state index is 13.8. The SMILES string of the molecule is C.CC(=O)OI(OC(C)=O)c1ccc(O)cc1.O=C(O)C12CC3CC(CC(O)(C3)C1)C2.O=C(OI(OC(=O)C12CC3CC(CC(O)(C3)C1)C2)c1ccccc1)C12CC3CC(CC(O)(C3)C1)C2. The second-order valence-electron chi connectivity index (χ2n) is 21.8. The average Bonchev–Trinajstić information content (AvgIpc) is 3.18. The Morgan fingerprint density at radius 2 is 0.803 bits per heavy atom. The Morgan fingerprint density at radius 1 is 0.485 bits per heavy atom. The molecule has 6 atom stereocenters. The Kier molecular flexibility index (Phi) is 13.7. The van der Waals surface area contributed by atoms with Gasteiger partial charge in [-0.15, -0.1) is 0 Å². The summed E-state index contributed by atoms with van der Waals surface area (Å²) < 4.78 is 23.8. The van der Waals surface area contributed by atoms with E-state index >= 15 is 0 Å². The molecule has 2 aromatic carbocycles. The van der Waals surface area contributed by atoms with E-state index in [1.165, 1.54) is 26.0 Å². The van der Waals surface area contributed by atoms with Gasteiger partial charge in [0.1, 0.15) is 0 Å². The van der Waals surface area contributed by atoms with E-state index < -0.39 is 92.3 Å². The number of hydrogen-bond donors (Lipinski definition) is 5. The van der Waals surface area contributed by atoms with Gasteiger partial charge in [0.2, 0.25) is 0 Å². The van der Waals surface area contributed by atoms with Crippen LogP contribution in [0.3, 0.4) is 0 Å². The van der Waals surface area contributed by atoms with E-state index in [1.54, 1.807) is 12.1 Å². The first-order valence-electron chi connectivity index (χ1n) is 23.1. The van der Waals surface area contributed by atoms with E-state index in [0.717, 1.165) is 99.9 Å². The maximum atomic E-state index is 13.8. The van der Waals surface area contributed by atoms with Gasteiger partial charge in [-0.2, -0.15) is 0 Å². The van der Waals surface area contributed by atoms with Crippen LogP contribution in [0.2, 0.25) is 0 Å². The first kappa shape index (κ1) is 49.4. The fraction of sp³-hybridized carbons (Fsp3) is 0.660. The second-order valence-corrected chi connectivity index (χ2v) is 28.5. The molecule has 16 heteroatoms. The van der Waals surface area contributed by atoms with Crippen molar-refractivity contribution in [2.24, 2.45) is 51.8 Å². The van der Waals surface area contributed by atoms with Gasteiger partial charge in [0, 0.05) is 0 Å². The van der Waals surface area contributed by atoms with Crippen LogP contribution in [-0.4, -0.2) is 72.2 Å². The molecule has 14 rings (SSSR count). The van der Waals surface area contributed by atoms with Crippen molar-refractivity contribution in [3.63, 3.8) is 0 Å². The van der Waals surface area contributed by atoms with Gasteiger partial charge in [-0.1, -0.05) is 7.43 Å². The number of aliphatic carboxylic acids is 1. The molecule has 14 nitrogen and oxygen atoms in total. The monoisotopic (exact) mass is 1140 g/mol. The summed E-state index contributed by atoms with van der Waals surface area (Å²) in [5.74, 6) is 0.369. The number of aromatic hydroxyl groups is 1. The zero-order valence-corrected chi connectivity index (χ0v) is 41.4. The Labute approximate surface area is 403 Å². The van der Waals surface area contributed by atoms with Gasteiger partial charge in [0.25, 0.3) is 0 Å². The summed E-state index contributed by atoms with van der Waals surface area (Å²) in [6.45, 7) is 2.52. The summed E-state index contributed by atoms with van der Waals surface area (Å²) in [6.07, 6.45) is 14.4. The summed E-state index contributed by atoms with van der Waals surface area (Å²) in [7, 11) is 0. The van der Waals surface area contributed by atoms with Crippen LogP contribution in [0.1, 0.15) is 137 Å². The Morgan fingerprint density at radius 3 is 1.14 bits per heavy atom. The minimum absolute atomic E-state index is 0. The molecule has 5 N–H and O–H groups in total. The number of phenols is 1. The van der Waals surface area contributed by atoms with E-state index in [1.807, 2.05) is 30.3 Å². The molecule has 12 saturated carbocycles. The van der Waals surface area contributed by atoms with Gasteiger partial charge in [-0.25, -0.2) is 0 Å². The first-order chi connectivity index (χ1) is 30.7. The zero-order valence-electron chi connectivity index (χ0n) is 37.1. The molecule has 12 aliphatic carbocycles. The normalized spacial score (nSPS) is 39.1. The molecular formula is C50H66I2O14. The minimum atomic E-state index is -3.10. The Balaban J connectivity index is 0.000000158. The van der Waals surface area contributed by atoms with E-state index in [4.69, 9.17) is 17.4 Å². The molecule has 12 bridgehead atoms. The number of carbonyl (C=O) groups excluding carboxylic acids is 4. The van der Waals surface area contributed by atoms with Crippen LogP contribution < -0.4 is 0 Å². The molecule has 12 aliphatic rings. The molecule has 0 amide bonds. The number of halogens is 2. The number of carbonyl (C=O) groups is 5. The molecule has 2 aromatic rings. The molecule has 0 saturated heterocycles. The van der Waals surface area contributed by atoms with Gasteiger partial charge in [-0.05, 0) is 50.4 Å². The number of carboxylic acids is 1.